The Hall–Kier alpha value is -1.94. The van der Waals surface area contributed by atoms with E-state index >= 15 is 0 Å². The van der Waals surface area contributed by atoms with Crippen molar-refractivity contribution >= 4 is 11.4 Å². The molecule has 0 bridgehead atoms. The predicted octanol–water partition coefficient (Wildman–Crippen LogP) is 3.43. The van der Waals surface area contributed by atoms with Crippen LogP contribution in [0.25, 0.3) is 0 Å². The van der Waals surface area contributed by atoms with Gasteiger partial charge in [0, 0.05) is 7.05 Å². The van der Waals surface area contributed by atoms with Crippen LogP contribution in [0.15, 0.2) is 42.6 Å². The maximum absolute atomic E-state index is 13.7. The van der Waals surface area contributed by atoms with Gasteiger partial charge in [-0.15, -0.1) is 0 Å². The number of rotatable bonds is 4. The molecule has 100 valence electrons. The zero-order valence-corrected chi connectivity index (χ0v) is 11.0. The van der Waals surface area contributed by atoms with Gasteiger partial charge in [-0.2, -0.15) is 0 Å². The molecule has 0 amide bonds. The van der Waals surface area contributed by atoms with Crippen molar-refractivity contribution in [1.82, 2.24) is 4.98 Å². The molecule has 19 heavy (non-hydrogen) atoms. The van der Waals surface area contributed by atoms with Gasteiger partial charge < -0.3 is 10.0 Å². The molecule has 1 N–H and O–H groups in total. The molecule has 0 saturated carbocycles. The summed E-state index contributed by atoms with van der Waals surface area (Å²) in [7, 11) is 1.78. The van der Waals surface area contributed by atoms with Gasteiger partial charge in [0.25, 0.3) is 0 Å². The van der Waals surface area contributed by atoms with Crippen molar-refractivity contribution in [2.24, 2.45) is 0 Å². The van der Waals surface area contributed by atoms with Crippen LogP contribution in [0.3, 0.4) is 0 Å². The first-order valence-electron chi connectivity index (χ1n) is 6.25. The quantitative estimate of drug-likeness (QED) is 0.915. The third-order valence-corrected chi connectivity index (χ3v) is 3.10. The smallest absolute Gasteiger partial charge is 0.146 e. The molecule has 1 aromatic carbocycles. The second-order valence-corrected chi connectivity index (χ2v) is 4.38. The van der Waals surface area contributed by atoms with Crippen LogP contribution in [0.4, 0.5) is 15.8 Å². The molecule has 0 spiro atoms. The first-order chi connectivity index (χ1) is 9.13. The van der Waals surface area contributed by atoms with Crippen molar-refractivity contribution in [1.29, 1.82) is 0 Å². The Morgan fingerprint density at radius 2 is 2.00 bits per heavy atom. The monoisotopic (exact) mass is 260 g/mol. The number of hydrogen-bond acceptors (Lipinski definition) is 3. The first kappa shape index (κ1) is 13.5. The summed E-state index contributed by atoms with van der Waals surface area (Å²) in [5.41, 5.74) is 1.90. The van der Waals surface area contributed by atoms with E-state index in [1.807, 2.05) is 13.0 Å². The number of para-hydroxylation sites is 1. The van der Waals surface area contributed by atoms with Crippen molar-refractivity contribution in [3.05, 3.63) is 54.1 Å². The molecule has 0 unspecified atom stereocenters. The average Bonchev–Trinajstić information content (AvgIpc) is 2.46. The lowest BCUT2D eigenvalue weighted by Gasteiger charge is -2.20. The highest BCUT2D eigenvalue weighted by atomic mass is 19.1. The molecule has 0 aliphatic heterocycles. The Kier molecular flexibility index (Phi) is 4.12. The topological polar surface area (TPSA) is 36.4 Å². The third-order valence-electron chi connectivity index (χ3n) is 3.10. The number of benzene rings is 1. The van der Waals surface area contributed by atoms with Crippen LogP contribution >= 0.6 is 0 Å². The highest BCUT2D eigenvalue weighted by molar-refractivity contribution is 5.62. The summed E-state index contributed by atoms with van der Waals surface area (Å²) in [4.78, 5) is 5.94. The van der Waals surface area contributed by atoms with E-state index in [9.17, 15) is 9.50 Å². The van der Waals surface area contributed by atoms with Gasteiger partial charge in [-0.1, -0.05) is 19.1 Å². The lowest BCUT2D eigenvalue weighted by molar-refractivity contribution is 0.169. The summed E-state index contributed by atoms with van der Waals surface area (Å²) in [6, 6.07) is 10.2. The molecule has 0 saturated heterocycles. The maximum atomic E-state index is 13.7. The van der Waals surface area contributed by atoms with Crippen molar-refractivity contribution in [3.8, 4) is 0 Å². The SMILES string of the molecule is CC[C@H](O)c1ccc(N(C)c2ccccc2F)cn1. The van der Waals surface area contributed by atoms with E-state index in [0.717, 1.165) is 5.69 Å². The molecule has 0 radical (unpaired) electrons. The van der Waals surface area contributed by atoms with Crippen molar-refractivity contribution in [2.45, 2.75) is 19.4 Å². The van der Waals surface area contributed by atoms with Crippen LogP contribution in [0.1, 0.15) is 25.1 Å². The number of nitrogens with zero attached hydrogens (tertiary/aromatic N) is 2. The Morgan fingerprint density at radius 1 is 1.26 bits per heavy atom. The minimum Gasteiger partial charge on any atom is -0.387 e. The second-order valence-electron chi connectivity index (χ2n) is 4.38. The van der Waals surface area contributed by atoms with Crippen LogP contribution in [0.2, 0.25) is 0 Å². The Morgan fingerprint density at radius 3 is 2.58 bits per heavy atom. The van der Waals surface area contributed by atoms with Crippen LogP contribution in [0.5, 0.6) is 0 Å². The Labute approximate surface area is 112 Å². The highest BCUT2D eigenvalue weighted by Crippen LogP contribution is 2.26. The fourth-order valence-electron chi connectivity index (χ4n) is 1.86. The number of aliphatic hydroxyl groups excluding tert-OH is 1. The number of anilines is 2. The lowest BCUT2D eigenvalue weighted by Crippen LogP contribution is -2.12. The van der Waals surface area contributed by atoms with E-state index in [0.29, 0.717) is 17.8 Å². The van der Waals surface area contributed by atoms with E-state index in [4.69, 9.17) is 0 Å². The third kappa shape index (κ3) is 2.90. The predicted molar refractivity (Wildman–Crippen MR) is 74.0 cm³/mol. The van der Waals surface area contributed by atoms with Crippen LogP contribution in [-0.2, 0) is 0 Å². The fraction of sp³-hybridized carbons (Fsp3) is 0.267. The van der Waals surface area contributed by atoms with Gasteiger partial charge in [0.2, 0.25) is 0 Å². The van der Waals surface area contributed by atoms with Gasteiger partial charge in [0.05, 0.1) is 29.4 Å². The molecular weight excluding hydrogens is 243 g/mol. The average molecular weight is 260 g/mol. The Bertz CT molecular complexity index is 542. The summed E-state index contributed by atoms with van der Waals surface area (Å²) in [6.45, 7) is 1.89. The summed E-state index contributed by atoms with van der Waals surface area (Å²) in [5.74, 6) is -0.275. The minimum atomic E-state index is -0.548. The fourth-order valence-corrected chi connectivity index (χ4v) is 1.86. The standard InChI is InChI=1S/C15H17FN2O/c1-3-15(19)13-9-8-11(10-17-13)18(2)14-7-5-4-6-12(14)16/h4-10,15,19H,3H2,1-2H3/t15-/m0/s1. The van der Waals surface area contributed by atoms with Crippen LogP contribution in [-0.4, -0.2) is 17.1 Å². The van der Waals surface area contributed by atoms with Crippen molar-refractivity contribution in [3.63, 3.8) is 0 Å². The zero-order valence-electron chi connectivity index (χ0n) is 11.0. The number of pyridine rings is 1. The van der Waals surface area contributed by atoms with Gasteiger partial charge >= 0.3 is 0 Å². The molecule has 2 aromatic rings. The number of aliphatic hydroxyl groups is 1. The van der Waals surface area contributed by atoms with Gasteiger partial charge in [0.15, 0.2) is 0 Å². The summed E-state index contributed by atoms with van der Waals surface area (Å²) >= 11 is 0. The molecule has 4 heteroatoms. The summed E-state index contributed by atoms with van der Waals surface area (Å²) in [6.07, 6.45) is 1.71. The molecule has 2 rings (SSSR count). The Balaban J connectivity index is 2.25. The normalized spacial score (nSPS) is 12.2. The number of aromatic nitrogens is 1. The maximum Gasteiger partial charge on any atom is 0.146 e. The van der Waals surface area contributed by atoms with Gasteiger partial charge in [-0.25, -0.2) is 4.39 Å². The van der Waals surface area contributed by atoms with E-state index < -0.39 is 6.10 Å². The number of hydrogen-bond donors (Lipinski definition) is 1. The van der Waals surface area contributed by atoms with Gasteiger partial charge in [-0.05, 0) is 30.7 Å². The molecule has 0 aliphatic carbocycles. The van der Waals surface area contributed by atoms with Gasteiger partial charge in [0.1, 0.15) is 5.82 Å². The molecule has 0 fully saturated rings. The largest absolute Gasteiger partial charge is 0.387 e. The van der Waals surface area contributed by atoms with Crippen molar-refractivity contribution < 1.29 is 9.50 Å². The van der Waals surface area contributed by atoms with E-state index in [1.165, 1.54) is 6.07 Å². The molecule has 1 heterocycles. The van der Waals surface area contributed by atoms with Crippen LogP contribution < -0.4 is 4.90 Å². The van der Waals surface area contributed by atoms with E-state index in [1.54, 1.807) is 42.4 Å². The molecule has 1 atom stereocenters. The van der Waals surface area contributed by atoms with Crippen LogP contribution in [0, 0.1) is 5.82 Å². The molecule has 0 aliphatic rings. The van der Waals surface area contributed by atoms with Crippen molar-refractivity contribution in [2.75, 3.05) is 11.9 Å². The highest BCUT2D eigenvalue weighted by Gasteiger charge is 2.11. The second kappa shape index (κ2) is 5.80. The van der Waals surface area contributed by atoms with Gasteiger partial charge in [-0.3, -0.25) is 4.98 Å². The first-order valence-corrected chi connectivity index (χ1v) is 6.25. The zero-order chi connectivity index (χ0) is 13.8. The number of halogens is 1. The summed E-state index contributed by atoms with van der Waals surface area (Å²) < 4.78 is 13.7. The molecule has 1 aromatic heterocycles. The minimum absolute atomic E-state index is 0.275. The lowest BCUT2D eigenvalue weighted by atomic mass is 10.2. The van der Waals surface area contributed by atoms with E-state index in [-0.39, 0.29) is 5.82 Å². The van der Waals surface area contributed by atoms with E-state index in [2.05, 4.69) is 4.98 Å². The summed E-state index contributed by atoms with van der Waals surface area (Å²) in [5, 5.41) is 9.68. The molecule has 3 nitrogen and oxygen atoms in total. The molecular formula is C15H17FN2O.